The van der Waals surface area contributed by atoms with E-state index >= 15 is 0 Å². The zero-order chi connectivity index (χ0) is 52.2. The van der Waals surface area contributed by atoms with Gasteiger partial charge in [-0.2, -0.15) is 0 Å². The topological polar surface area (TPSA) is 149 Å². The number of nitrogens with one attached hydrogen (secondary N) is 1. The zero-order valence-corrected chi connectivity index (χ0v) is 47.5. The third kappa shape index (κ3) is 41.9. The highest BCUT2D eigenvalue weighted by Crippen LogP contribution is 2.23. The second-order valence-corrected chi connectivity index (χ2v) is 22.2. The van der Waals surface area contributed by atoms with E-state index in [1.807, 2.05) is 6.08 Å². The molecule has 0 saturated carbocycles. The molecule has 9 heteroatoms. The van der Waals surface area contributed by atoms with Crippen molar-refractivity contribution in [2.75, 3.05) is 13.2 Å². The summed E-state index contributed by atoms with van der Waals surface area (Å²) < 4.78 is 11.3. The van der Waals surface area contributed by atoms with Crippen LogP contribution in [0.15, 0.2) is 24.3 Å². The van der Waals surface area contributed by atoms with E-state index in [0.29, 0.717) is 6.42 Å². The molecule has 1 amide bonds. The first-order valence-corrected chi connectivity index (χ1v) is 31.6. The molecule has 0 aromatic rings. The summed E-state index contributed by atoms with van der Waals surface area (Å²) in [5.74, 6) is -0.179. The molecular formula is C63H121NO8. The summed E-state index contributed by atoms with van der Waals surface area (Å²) in [6, 6.07) is -0.819. The smallest absolute Gasteiger partial charge is 0.220 e. The minimum absolute atomic E-state index is 0.179. The number of aliphatic hydroxyl groups excluding tert-OH is 5. The van der Waals surface area contributed by atoms with E-state index in [0.717, 1.165) is 38.5 Å². The highest BCUT2D eigenvalue weighted by atomic mass is 16.7. The summed E-state index contributed by atoms with van der Waals surface area (Å²) in [7, 11) is 0. The summed E-state index contributed by atoms with van der Waals surface area (Å²) >= 11 is 0. The molecule has 9 nitrogen and oxygen atoms in total. The minimum Gasteiger partial charge on any atom is -0.394 e. The van der Waals surface area contributed by atoms with Crippen molar-refractivity contribution in [1.82, 2.24) is 5.32 Å². The van der Waals surface area contributed by atoms with Crippen LogP contribution in [0, 0.1) is 0 Å². The molecule has 426 valence electrons. The predicted octanol–water partition coefficient (Wildman–Crippen LogP) is 16.1. The molecular weight excluding hydrogens is 899 g/mol. The Labute approximate surface area is 445 Å². The van der Waals surface area contributed by atoms with E-state index < -0.39 is 49.5 Å². The van der Waals surface area contributed by atoms with Crippen LogP contribution in [0.25, 0.3) is 0 Å². The molecule has 1 aliphatic heterocycles. The van der Waals surface area contributed by atoms with Crippen LogP contribution < -0.4 is 5.32 Å². The largest absolute Gasteiger partial charge is 0.394 e. The van der Waals surface area contributed by atoms with Crippen molar-refractivity contribution < 1.29 is 39.8 Å². The zero-order valence-electron chi connectivity index (χ0n) is 47.5. The summed E-state index contributed by atoms with van der Waals surface area (Å²) in [4.78, 5) is 13.1. The lowest BCUT2D eigenvalue weighted by atomic mass is 9.99. The van der Waals surface area contributed by atoms with Crippen LogP contribution in [-0.4, -0.2) is 87.5 Å². The fraction of sp³-hybridized carbons (Fsp3) is 0.921. The fourth-order valence-electron chi connectivity index (χ4n) is 10.3. The number of hydrogen-bond acceptors (Lipinski definition) is 8. The lowest BCUT2D eigenvalue weighted by molar-refractivity contribution is -0.302. The van der Waals surface area contributed by atoms with Gasteiger partial charge in [0, 0.05) is 6.42 Å². The third-order valence-electron chi connectivity index (χ3n) is 15.3. The molecule has 0 spiro atoms. The van der Waals surface area contributed by atoms with Gasteiger partial charge < -0.3 is 40.3 Å². The number of hydrogen-bond donors (Lipinski definition) is 6. The van der Waals surface area contributed by atoms with Gasteiger partial charge in [-0.1, -0.05) is 301 Å². The average Bonchev–Trinajstić information content (AvgIpc) is 3.38. The van der Waals surface area contributed by atoms with Gasteiger partial charge >= 0.3 is 0 Å². The van der Waals surface area contributed by atoms with Crippen molar-refractivity contribution in [3.8, 4) is 0 Å². The molecule has 72 heavy (non-hydrogen) atoms. The Morgan fingerprint density at radius 2 is 0.792 bits per heavy atom. The molecule has 1 saturated heterocycles. The Morgan fingerprint density at radius 3 is 1.17 bits per heavy atom. The molecule has 0 bridgehead atoms. The molecule has 0 aliphatic carbocycles. The highest BCUT2D eigenvalue weighted by Gasteiger charge is 2.44. The number of carbonyl (C=O) groups is 1. The van der Waals surface area contributed by atoms with Crippen molar-refractivity contribution >= 4 is 5.91 Å². The van der Waals surface area contributed by atoms with Crippen LogP contribution in [0.3, 0.4) is 0 Å². The Hall–Kier alpha value is -1.33. The van der Waals surface area contributed by atoms with Crippen LogP contribution in [0.1, 0.15) is 316 Å². The first-order valence-electron chi connectivity index (χ1n) is 31.6. The predicted molar refractivity (Wildman–Crippen MR) is 304 cm³/mol. The van der Waals surface area contributed by atoms with Crippen molar-refractivity contribution in [1.29, 1.82) is 0 Å². The van der Waals surface area contributed by atoms with E-state index in [2.05, 4.69) is 31.3 Å². The average molecular weight is 1020 g/mol. The molecule has 1 aliphatic rings. The molecule has 7 atom stereocenters. The normalized spacial score (nSPS) is 19.2. The Kier molecular flexibility index (Phi) is 50.6. The number of rotatable bonds is 55. The van der Waals surface area contributed by atoms with Gasteiger partial charge in [-0.05, 0) is 32.1 Å². The maximum absolute atomic E-state index is 13.1. The van der Waals surface area contributed by atoms with Crippen molar-refractivity contribution in [3.05, 3.63) is 24.3 Å². The van der Waals surface area contributed by atoms with Crippen molar-refractivity contribution in [2.24, 2.45) is 0 Å². The maximum Gasteiger partial charge on any atom is 0.220 e. The van der Waals surface area contributed by atoms with E-state index in [1.54, 1.807) is 6.08 Å². The van der Waals surface area contributed by atoms with Crippen LogP contribution in [0.5, 0.6) is 0 Å². The molecule has 0 radical (unpaired) electrons. The van der Waals surface area contributed by atoms with Crippen LogP contribution in [0.4, 0.5) is 0 Å². The molecule has 7 unspecified atom stereocenters. The number of amides is 1. The number of allylic oxidation sites excluding steroid dienone is 3. The van der Waals surface area contributed by atoms with E-state index in [4.69, 9.17) is 9.47 Å². The highest BCUT2D eigenvalue weighted by molar-refractivity contribution is 5.76. The lowest BCUT2D eigenvalue weighted by Gasteiger charge is -2.40. The number of unbranched alkanes of at least 4 members (excludes halogenated alkanes) is 43. The van der Waals surface area contributed by atoms with Crippen LogP contribution in [0.2, 0.25) is 0 Å². The summed E-state index contributed by atoms with van der Waals surface area (Å²) in [6.07, 6.45) is 61.2. The van der Waals surface area contributed by atoms with Gasteiger partial charge in [0.1, 0.15) is 24.4 Å². The number of aliphatic hydroxyl groups is 5. The van der Waals surface area contributed by atoms with Gasteiger partial charge in [0.25, 0.3) is 0 Å². The van der Waals surface area contributed by atoms with Gasteiger partial charge in [-0.15, -0.1) is 0 Å². The lowest BCUT2D eigenvalue weighted by Crippen LogP contribution is -2.60. The van der Waals surface area contributed by atoms with Crippen LogP contribution >= 0.6 is 0 Å². The first-order chi connectivity index (χ1) is 35.3. The van der Waals surface area contributed by atoms with Gasteiger partial charge in [-0.3, -0.25) is 4.79 Å². The van der Waals surface area contributed by atoms with Gasteiger partial charge in [0.2, 0.25) is 5.91 Å². The Morgan fingerprint density at radius 1 is 0.458 bits per heavy atom. The Bertz CT molecular complexity index is 1180. The molecule has 0 aromatic carbocycles. The van der Waals surface area contributed by atoms with Crippen molar-refractivity contribution in [3.63, 3.8) is 0 Å². The number of carbonyl (C=O) groups excluding carboxylic acids is 1. The van der Waals surface area contributed by atoms with E-state index in [9.17, 15) is 30.3 Å². The molecule has 1 fully saturated rings. The van der Waals surface area contributed by atoms with Gasteiger partial charge in [0.05, 0.1) is 25.4 Å². The maximum atomic E-state index is 13.1. The monoisotopic (exact) mass is 1020 g/mol. The second-order valence-electron chi connectivity index (χ2n) is 22.2. The Balaban J connectivity index is 2.20. The minimum atomic E-state index is -1.57. The molecule has 1 rings (SSSR count). The number of ether oxygens (including phenoxy) is 2. The fourth-order valence-corrected chi connectivity index (χ4v) is 10.3. The second kappa shape index (κ2) is 53.1. The third-order valence-corrected chi connectivity index (χ3v) is 15.3. The first kappa shape index (κ1) is 68.7. The van der Waals surface area contributed by atoms with Crippen molar-refractivity contribution in [2.45, 2.75) is 358 Å². The summed E-state index contributed by atoms with van der Waals surface area (Å²) in [6.45, 7) is 3.81. The van der Waals surface area contributed by atoms with E-state index in [1.165, 1.54) is 257 Å². The van der Waals surface area contributed by atoms with Crippen LogP contribution in [-0.2, 0) is 14.3 Å². The quantitative estimate of drug-likeness (QED) is 0.0261. The molecule has 1 heterocycles. The summed E-state index contributed by atoms with van der Waals surface area (Å²) in [5, 5.41) is 54.6. The van der Waals surface area contributed by atoms with Gasteiger partial charge in [-0.25, -0.2) is 0 Å². The molecule has 6 N–H and O–H groups in total. The summed E-state index contributed by atoms with van der Waals surface area (Å²) in [5.41, 5.74) is 0. The molecule has 0 aromatic heterocycles. The van der Waals surface area contributed by atoms with E-state index in [-0.39, 0.29) is 12.5 Å². The van der Waals surface area contributed by atoms with Gasteiger partial charge in [0.15, 0.2) is 6.29 Å². The standard InChI is InChI=1S/C63H121NO8/c1-3-5-7-9-11-13-15-17-19-21-23-25-27-28-29-31-32-34-36-38-40-42-44-46-48-50-52-57(66)56(55-71-63-62(70)61(69)60(68)58(54-65)72-63)64-59(67)53-51-49-47-45-43-41-39-37-35-33-30-26-24-22-20-18-16-14-12-10-8-6-4-2/h42,44,50,52,56-58,60-63,65-66,68-70H,3-41,43,45-49,51,53-55H2,1-2H3,(H,64,67)/b44-42+,52-50+. The SMILES string of the molecule is CCCCCCCCCCCCCCCCCCCCCC/C=C/CC/C=C/C(O)C(COC1OC(CO)C(O)C(O)C1O)NC(=O)CCCCCCCCCCCCCCCCCCCCCCCCC.